The van der Waals surface area contributed by atoms with Gasteiger partial charge >= 0.3 is 0 Å². The molecule has 5 nitrogen and oxygen atoms in total. The number of nitrogens with one attached hydrogen (secondary N) is 2. The predicted octanol–water partition coefficient (Wildman–Crippen LogP) is 1.57. The van der Waals surface area contributed by atoms with Crippen molar-refractivity contribution in [2.45, 2.75) is 38.8 Å². The second-order valence-electron chi connectivity index (χ2n) is 4.61. The van der Waals surface area contributed by atoms with Crippen LogP contribution in [-0.4, -0.2) is 35.8 Å². The normalized spacial score (nSPS) is 19.1. The molecule has 1 atom stereocenters. The second kappa shape index (κ2) is 7.28. The first-order valence-electron chi connectivity index (χ1n) is 6.75. The predicted molar refractivity (Wildman–Crippen MR) is 71.5 cm³/mol. The Morgan fingerprint density at radius 2 is 2.22 bits per heavy atom. The van der Waals surface area contributed by atoms with Crippen molar-refractivity contribution in [3.8, 4) is 0 Å². The number of hydrogen-bond donors (Lipinski definition) is 2. The molecule has 5 heteroatoms. The summed E-state index contributed by atoms with van der Waals surface area (Å²) in [6.07, 6.45) is 7.56. The first-order valence-corrected chi connectivity index (χ1v) is 6.75. The van der Waals surface area contributed by atoms with Crippen molar-refractivity contribution in [2.75, 3.05) is 25.0 Å². The van der Waals surface area contributed by atoms with Gasteiger partial charge in [0.1, 0.15) is 0 Å². The molecule has 1 aromatic heterocycles. The van der Waals surface area contributed by atoms with E-state index in [1.54, 1.807) is 0 Å². The van der Waals surface area contributed by atoms with E-state index >= 15 is 0 Å². The van der Waals surface area contributed by atoms with Gasteiger partial charge in [0.15, 0.2) is 0 Å². The van der Waals surface area contributed by atoms with Gasteiger partial charge in [-0.15, -0.1) is 0 Å². The van der Waals surface area contributed by atoms with Gasteiger partial charge in [0.05, 0.1) is 6.10 Å². The first kappa shape index (κ1) is 13.2. The van der Waals surface area contributed by atoms with Crippen LogP contribution in [0.25, 0.3) is 0 Å². The molecule has 0 bridgehead atoms. The summed E-state index contributed by atoms with van der Waals surface area (Å²) in [6.45, 7) is 5.66. The molecule has 100 valence electrons. The third kappa shape index (κ3) is 4.23. The van der Waals surface area contributed by atoms with E-state index in [1.807, 2.05) is 12.4 Å². The molecule has 1 fully saturated rings. The number of anilines is 1. The van der Waals surface area contributed by atoms with Crippen LogP contribution >= 0.6 is 0 Å². The number of ether oxygens (including phenoxy) is 1. The van der Waals surface area contributed by atoms with E-state index in [2.05, 4.69) is 27.5 Å². The number of hydrogen-bond acceptors (Lipinski definition) is 5. The summed E-state index contributed by atoms with van der Waals surface area (Å²) in [7, 11) is 0. The summed E-state index contributed by atoms with van der Waals surface area (Å²) in [5.41, 5.74) is 1.11. The van der Waals surface area contributed by atoms with E-state index in [9.17, 15) is 0 Å². The molecule has 1 aliphatic rings. The Kier molecular flexibility index (Phi) is 5.36. The molecule has 1 aliphatic heterocycles. The van der Waals surface area contributed by atoms with Crippen molar-refractivity contribution < 1.29 is 4.74 Å². The quantitative estimate of drug-likeness (QED) is 0.769. The molecule has 1 saturated heterocycles. The van der Waals surface area contributed by atoms with Gasteiger partial charge in [-0.25, -0.2) is 9.97 Å². The zero-order valence-corrected chi connectivity index (χ0v) is 11.0. The molecule has 18 heavy (non-hydrogen) atoms. The fourth-order valence-corrected chi connectivity index (χ4v) is 1.96. The van der Waals surface area contributed by atoms with E-state index in [-0.39, 0.29) is 0 Å². The van der Waals surface area contributed by atoms with E-state index in [0.29, 0.717) is 12.1 Å². The van der Waals surface area contributed by atoms with Crippen LogP contribution < -0.4 is 10.6 Å². The SMILES string of the molecule is CCCNc1ncc(CNC[C@H]2CCCO2)cn1. The lowest BCUT2D eigenvalue weighted by molar-refractivity contribution is 0.110. The summed E-state index contributed by atoms with van der Waals surface area (Å²) < 4.78 is 5.55. The van der Waals surface area contributed by atoms with Gasteiger partial charge in [0.25, 0.3) is 0 Å². The van der Waals surface area contributed by atoms with Crippen LogP contribution in [0.4, 0.5) is 5.95 Å². The van der Waals surface area contributed by atoms with Crippen LogP contribution in [0.3, 0.4) is 0 Å². The average molecular weight is 250 g/mol. The maximum atomic E-state index is 5.55. The molecule has 0 radical (unpaired) electrons. The highest BCUT2D eigenvalue weighted by Crippen LogP contribution is 2.10. The lowest BCUT2D eigenvalue weighted by Crippen LogP contribution is -2.25. The summed E-state index contributed by atoms with van der Waals surface area (Å²) in [6, 6.07) is 0. The smallest absolute Gasteiger partial charge is 0.222 e. The molecule has 2 rings (SSSR count). The highest BCUT2D eigenvalue weighted by Gasteiger charge is 2.14. The molecule has 2 N–H and O–H groups in total. The minimum Gasteiger partial charge on any atom is -0.377 e. The first-order chi connectivity index (χ1) is 8.88. The van der Waals surface area contributed by atoms with Crippen LogP contribution in [0.5, 0.6) is 0 Å². The Bertz CT molecular complexity index is 335. The van der Waals surface area contributed by atoms with Gasteiger partial charge in [-0.3, -0.25) is 0 Å². The van der Waals surface area contributed by atoms with Gasteiger partial charge < -0.3 is 15.4 Å². The number of aromatic nitrogens is 2. The minimum atomic E-state index is 0.386. The zero-order chi connectivity index (χ0) is 12.6. The van der Waals surface area contributed by atoms with Crippen LogP contribution in [0.15, 0.2) is 12.4 Å². The number of rotatable bonds is 7. The fourth-order valence-electron chi connectivity index (χ4n) is 1.96. The van der Waals surface area contributed by atoms with Crippen molar-refractivity contribution in [2.24, 2.45) is 0 Å². The molecule has 0 amide bonds. The molecule has 0 aromatic carbocycles. The Morgan fingerprint density at radius 1 is 1.39 bits per heavy atom. The maximum absolute atomic E-state index is 5.55. The van der Waals surface area contributed by atoms with Crippen molar-refractivity contribution in [3.63, 3.8) is 0 Å². The van der Waals surface area contributed by atoms with Crippen LogP contribution in [0, 0.1) is 0 Å². The molecular weight excluding hydrogens is 228 g/mol. The van der Waals surface area contributed by atoms with Crippen LogP contribution in [0.1, 0.15) is 31.7 Å². The summed E-state index contributed by atoms with van der Waals surface area (Å²) >= 11 is 0. The van der Waals surface area contributed by atoms with Crippen molar-refractivity contribution in [1.82, 2.24) is 15.3 Å². The lowest BCUT2D eigenvalue weighted by atomic mass is 10.2. The third-order valence-electron chi connectivity index (χ3n) is 2.96. The van der Waals surface area contributed by atoms with E-state index in [0.717, 1.165) is 38.2 Å². The maximum Gasteiger partial charge on any atom is 0.222 e. The topological polar surface area (TPSA) is 59.1 Å². The van der Waals surface area contributed by atoms with Crippen molar-refractivity contribution in [1.29, 1.82) is 0 Å². The molecule has 0 spiro atoms. The summed E-state index contributed by atoms with van der Waals surface area (Å²) in [4.78, 5) is 8.55. The van der Waals surface area contributed by atoms with Gasteiger partial charge in [0, 0.05) is 44.2 Å². The van der Waals surface area contributed by atoms with E-state index in [1.165, 1.54) is 12.8 Å². The molecule has 0 saturated carbocycles. The Balaban J connectivity index is 1.68. The van der Waals surface area contributed by atoms with E-state index in [4.69, 9.17) is 4.74 Å². The Labute approximate surface area is 108 Å². The second-order valence-corrected chi connectivity index (χ2v) is 4.61. The van der Waals surface area contributed by atoms with Gasteiger partial charge in [-0.1, -0.05) is 6.92 Å². The third-order valence-corrected chi connectivity index (χ3v) is 2.96. The standard InChI is InChI=1S/C13H22N4O/c1-2-5-15-13-16-8-11(9-17-13)7-14-10-12-4-3-6-18-12/h8-9,12,14H,2-7,10H2,1H3,(H,15,16,17)/t12-/m1/s1. The molecular formula is C13H22N4O. The van der Waals surface area contributed by atoms with Gasteiger partial charge in [-0.2, -0.15) is 0 Å². The van der Waals surface area contributed by atoms with Crippen LogP contribution in [0.2, 0.25) is 0 Å². The molecule has 0 unspecified atom stereocenters. The monoisotopic (exact) mass is 250 g/mol. The average Bonchev–Trinajstić information content (AvgIpc) is 2.91. The summed E-state index contributed by atoms with van der Waals surface area (Å²) in [5.74, 6) is 0.708. The van der Waals surface area contributed by atoms with Gasteiger partial charge in [-0.05, 0) is 19.3 Å². The fraction of sp³-hybridized carbons (Fsp3) is 0.692. The highest BCUT2D eigenvalue weighted by molar-refractivity contribution is 5.24. The lowest BCUT2D eigenvalue weighted by Gasteiger charge is -2.10. The van der Waals surface area contributed by atoms with Crippen LogP contribution in [-0.2, 0) is 11.3 Å². The molecule has 0 aliphatic carbocycles. The van der Waals surface area contributed by atoms with E-state index < -0.39 is 0 Å². The Morgan fingerprint density at radius 3 is 2.89 bits per heavy atom. The summed E-state index contributed by atoms with van der Waals surface area (Å²) in [5, 5.41) is 6.54. The molecule has 2 heterocycles. The minimum absolute atomic E-state index is 0.386. The molecule has 1 aromatic rings. The van der Waals surface area contributed by atoms with Gasteiger partial charge in [0.2, 0.25) is 5.95 Å². The number of nitrogens with zero attached hydrogens (tertiary/aromatic N) is 2. The largest absolute Gasteiger partial charge is 0.377 e. The zero-order valence-electron chi connectivity index (χ0n) is 11.0. The Hall–Kier alpha value is -1.20. The highest BCUT2D eigenvalue weighted by atomic mass is 16.5. The van der Waals surface area contributed by atoms with Crippen molar-refractivity contribution >= 4 is 5.95 Å². The van der Waals surface area contributed by atoms with Crippen molar-refractivity contribution in [3.05, 3.63) is 18.0 Å².